The van der Waals surface area contributed by atoms with Gasteiger partial charge in [-0.25, -0.2) is 4.79 Å². The van der Waals surface area contributed by atoms with E-state index in [9.17, 15) is 14.9 Å². The number of hydrogen-bond acceptors (Lipinski definition) is 4. The maximum absolute atomic E-state index is 12.1. The number of amides is 1. The normalized spacial score (nSPS) is 20.2. The molecule has 1 fully saturated rings. The predicted octanol–water partition coefficient (Wildman–Crippen LogP) is 2.87. The van der Waals surface area contributed by atoms with Crippen LogP contribution in [0, 0.1) is 15.5 Å². The fourth-order valence-corrected chi connectivity index (χ4v) is 2.63. The number of carbonyl (C=O) groups is 1. The first-order valence-electron chi connectivity index (χ1n) is 6.92. The number of nitrogens with zero attached hydrogens (tertiary/aromatic N) is 2. The Bertz CT molecular complexity index is 524. The SMILES string of the molecule is CC(C)(C)[C@@H](C[N+](=O)[O-])N1C(=O)OC[C@@H]1c1ccccc1. The molecule has 21 heavy (non-hydrogen) atoms. The van der Waals surface area contributed by atoms with E-state index in [-0.39, 0.29) is 24.1 Å². The third kappa shape index (κ3) is 3.32. The summed E-state index contributed by atoms with van der Waals surface area (Å²) in [6, 6.07) is 8.68. The second-order valence-electron chi connectivity index (χ2n) is 6.31. The minimum absolute atomic E-state index is 0.229. The monoisotopic (exact) mass is 292 g/mol. The first kappa shape index (κ1) is 15.3. The van der Waals surface area contributed by atoms with Gasteiger partial charge < -0.3 is 4.74 Å². The summed E-state index contributed by atoms with van der Waals surface area (Å²) >= 11 is 0. The number of cyclic esters (lactones) is 1. The van der Waals surface area contributed by atoms with Crippen LogP contribution >= 0.6 is 0 Å². The Hall–Kier alpha value is -2.11. The van der Waals surface area contributed by atoms with Gasteiger partial charge in [0, 0.05) is 4.92 Å². The van der Waals surface area contributed by atoms with Crippen LogP contribution in [0.5, 0.6) is 0 Å². The minimum Gasteiger partial charge on any atom is -0.447 e. The molecule has 1 aromatic rings. The van der Waals surface area contributed by atoms with Crippen LogP contribution in [-0.2, 0) is 4.74 Å². The van der Waals surface area contributed by atoms with Crippen molar-refractivity contribution in [2.45, 2.75) is 32.9 Å². The summed E-state index contributed by atoms with van der Waals surface area (Å²) in [7, 11) is 0. The molecule has 1 aliphatic heterocycles. The van der Waals surface area contributed by atoms with Gasteiger partial charge in [-0.15, -0.1) is 0 Å². The first-order chi connectivity index (χ1) is 9.80. The number of rotatable bonds is 4. The van der Waals surface area contributed by atoms with Gasteiger partial charge in [0.05, 0.1) is 6.04 Å². The molecule has 1 saturated heterocycles. The average Bonchev–Trinajstić information content (AvgIpc) is 2.77. The molecular weight excluding hydrogens is 272 g/mol. The van der Waals surface area contributed by atoms with Crippen molar-refractivity contribution in [2.24, 2.45) is 5.41 Å². The molecule has 0 spiro atoms. The van der Waals surface area contributed by atoms with Gasteiger partial charge in [-0.3, -0.25) is 15.0 Å². The molecule has 1 amide bonds. The van der Waals surface area contributed by atoms with Crippen molar-refractivity contribution in [2.75, 3.05) is 13.2 Å². The third-order valence-electron chi connectivity index (χ3n) is 3.75. The fourth-order valence-electron chi connectivity index (χ4n) is 2.63. The van der Waals surface area contributed by atoms with Gasteiger partial charge in [0.2, 0.25) is 6.54 Å². The minimum atomic E-state index is -0.521. The predicted molar refractivity (Wildman–Crippen MR) is 77.5 cm³/mol. The summed E-state index contributed by atoms with van der Waals surface area (Å²) in [5.41, 5.74) is 0.518. The number of nitro groups is 1. The molecule has 0 aliphatic carbocycles. The van der Waals surface area contributed by atoms with E-state index < -0.39 is 17.6 Å². The van der Waals surface area contributed by atoms with Crippen LogP contribution in [0.25, 0.3) is 0 Å². The second kappa shape index (κ2) is 5.71. The van der Waals surface area contributed by atoms with Crippen molar-refractivity contribution in [3.63, 3.8) is 0 Å². The largest absolute Gasteiger partial charge is 0.447 e. The highest BCUT2D eigenvalue weighted by molar-refractivity contribution is 5.71. The second-order valence-corrected chi connectivity index (χ2v) is 6.31. The zero-order chi connectivity index (χ0) is 15.6. The van der Waals surface area contributed by atoms with Gasteiger partial charge in [-0.05, 0) is 11.0 Å². The molecule has 2 atom stereocenters. The summed E-state index contributed by atoms with van der Waals surface area (Å²) in [4.78, 5) is 24.3. The van der Waals surface area contributed by atoms with E-state index >= 15 is 0 Å². The van der Waals surface area contributed by atoms with Crippen molar-refractivity contribution in [1.82, 2.24) is 4.90 Å². The molecule has 1 heterocycles. The molecule has 0 N–H and O–H groups in total. The number of carbonyl (C=O) groups excluding carboxylic acids is 1. The first-order valence-corrected chi connectivity index (χ1v) is 6.92. The molecule has 0 unspecified atom stereocenters. The van der Waals surface area contributed by atoms with E-state index in [0.29, 0.717) is 0 Å². The average molecular weight is 292 g/mol. The fraction of sp³-hybridized carbons (Fsp3) is 0.533. The summed E-state index contributed by atoms with van der Waals surface area (Å²) in [5.74, 6) is 0. The van der Waals surface area contributed by atoms with Crippen LogP contribution < -0.4 is 0 Å². The Morgan fingerprint density at radius 3 is 2.52 bits per heavy atom. The molecule has 0 saturated carbocycles. The molecule has 2 rings (SSSR count). The van der Waals surface area contributed by atoms with Gasteiger partial charge in [0.25, 0.3) is 0 Å². The number of benzene rings is 1. The van der Waals surface area contributed by atoms with Gasteiger partial charge in [0.15, 0.2) is 0 Å². The molecule has 0 radical (unpaired) electrons. The van der Waals surface area contributed by atoms with Crippen molar-refractivity contribution in [1.29, 1.82) is 0 Å². The van der Waals surface area contributed by atoms with E-state index in [1.807, 2.05) is 51.1 Å². The Morgan fingerprint density at radius 2 is 2.00 bits per heavy atom. The van der Waals surface area contributed by atoms with Gasteiger partial charge in [0.1, 0.15) is 12.6 Å². The lowest BCUT2D eigenvalue weighted by Gasteiger charge is -2.36. The number of ether oxygens (including phenoxy) is 1. The van der Waals surface area contributed by atoms with Crippen LogP contribution in [0.1, 0.15) is 32.4 Å². The maximum Gasteiger partial charge on any atom is 0.410 e. The van der Waals surface area contributed by atoms with Crippen molar-refractivity contribution in [3.05, 3.63) is 46.0 Å². The quantitative estimate of drug-likeness (QED) is 0.632. The van der Waals surface area contributed by atoms with Gasteiger partial charge in [-0.1, -0.05) is 51.1 Å². The topological polar surface area (TPSA) is 72.7 Å². The maximum atomic E-state index is 12.1. The standard InChI is InChI=1S/C15H20N2O4/c1-15(2,3)13(9-16(19)20)17-12(10-21-14(17)18)11-7-5-4-6-8-11/h4-8,12-13H,9-10H2,1-3H3/t12-,13-/m1/s1. The van der Waals surface area contributed by atoms with Crippen LogP contribution in [0.3, 0.4) is 0 Å². The zero-order valence-electron chi connectivity index (χ0n) is 12.5. The third-order valence-corrected chi connectivity index (χ3v) is 3.75. The van der Waals surface area contributed by atoms with Crippen LogP contribution in [0.4, 0.5) is 4.79 Å². The lowest BCUT2D eigenvalue weighted by atomic mass is 9.84. The summed E-state index contributed by atoms with van der Waals surface area (Å²) in [6.45, 7) is 5.63. The Morgan fingerprint density at radius 1 is 1.38 bits per heavy atom. The van der Waals surface area contributed by atoms with Crippen molar-refractivity contribution >= 4 is 6.09 Å². The summed E-state index contributed by atoms with van der Waals surface area (Å²) in [5, 5.41) is 11.0. The van der Waals surface area contributed by atoms with Gasteiger partial charge >= 0.3 is 6.09 Å². The van der Waals surface area contributed by atoms with Crippen LogP contribution in [-0.4, -0.2) is 35.1 Å². The van der Waals surface area contributed by atoms with Crippen LogP contribution in [0.15, 0.2) is 30.3 Å². The Balaban J connectivity index is 2.36. The lowest BCUT2D eigenvalue weighted by Crippen LogP contribution is -2.49. The van der Waals surface area contributed by atoms with E-state index in [2.05, 4.69) is 0 Å². The van der Waals surface area contributed by atoms with Crippen molar-refractivity contribution < 1.29 is 14.5 Å². The highest BCUT2D eigenvalue weighted by atomic mass is 16.6. The molecule has 114 valence electrons. The lowest BCUT2D eigenvalue weighted by molar-refractivity contribution is -0.489. The van der Waals surface area contributed by atoms with E-state index in [1.165, 1.54) is 4.90 Å². The molecule has 6 heteroatoms. The Labute approximate surface area is 123 Å². The van der Waals surface area contributed by atoms with E-state index in [4.69, 9.17) is 4.74 Å². The molecular formula is C15H20N2O4. The van der Waals surface area contributed by atoms with E-state index in [1.54, 1.807) is 0 Å². The molecule has 1 aromatic carbocycles. The summed E-state index contributed by atoms with van der Waals surface area (Å²) in [6.07, 6.45) is -0.481. The zero-order valence-corrected chi connectivity index (χ0v) is 12.5. The Kier molecular flexibility index (Phi) is 4.16. The molecule has 1 aliphatic rings. The van der Waals surface area contributed by atoms with E-state index in [0.717, 1.165) is 5.56 Å². The summed E-state index contributed by atoms with van der Waals surface area (Å²) < 4.78 is 5.15. The highest BCUT2D eigenvalue weighted by Gasteiger charge is 2.45. The smallest absolute Gasteiger partial charge is 0.410 e. The van der Waals surface area contributed by atoms with Crippen molar-refractivity contribution in [3.8, 4) is 0 Å². The highest BCUT2D eigenvalue weighted by Crippen LogP contribution is 2.36. The van der Waals surface area contributed by atoms with Crippen LogP contribution in [0.2, 0.25) is 0 Å². The number of hydrogen-bond donors (Lipinski definition) is 0. The van der Waals surface area contributed by atoms with Gasteiger partial charge in [-0.2, -0.15) is 0 Å². The molecule has 0 aromatic heterocycles. The molecule has 6 nitrogen and oxygen atoms in total. The molecule has 0 bridgehead atoms.